The highest BCUT2D eigenvalue weighted by Crippen LogP contribution is 2.19. The minimum Gasteiger partial charge on any atom is -0.484 e. The second kappa shape index (κ2) is 8.40. The molecule has 0 aliphatic carbocycles. The number of carbonyl (C=O) groups is 1. The van der Waals surface area contributed by atoms with Crippen molar-refractivity contribution in [1.29, 1.82) is 0 Å². The Labute approximate surface area is 154 Å². The van der Waals surface area contributed by atoms with Gasteiger partial charge in [0.15, 0.2) is 6.61 Å². The standard InChI is InChI=1S/C17H17F3N2O4S/c1-21-27(24,25)15-8-4-13(5-9-15)16(23)22-10-12-2-6-14(7-3-12)26-11-17(18,19)20/h2-9,21H,10-11H2,1H3,(H,22,23). The third-order valence-electron chi connectivity index (χ3n) is 3.47. The summed E-state index contributed by atoms with van der Waals surface area (Å²) in [7, 11) is -2.29. The van der Waals surface area contributed by atoms with Gasteiger partial charge < -0.3 is 10.1 Å². The number of carbonyl (C=O) groups excluding carboxylic acids is 1. The van der Waals surface area contributed by atoms with E-state index in [4.69, 9.17) is 0 Å². The highest BCUT2D eigenvalue weighted by atomic mass is 32.2. The molecule has 6 nitrogen and oxygen atoms in total. The van der Waals surface area contributed by atoms with Crippen LogP contribution in [0.5, 0.6) is 5.75 Å². The van der Waals surface area contributed by atoms with Crippen molar-refractivity contribution >= 4 is 15.9 Å². The van der Waals surface area contributed by atoms with Gasteiger partial charge in [-0.15, -0.1) is 0 Å². The Morgan fingerprint density at radius 2 is 1.63 bits per heavy atom. The molecule has 2 aromatic carbocycles. The molecule has 0 fully saturated rings. The van der Waals surface area contributed by atoms with Crippen molar-refractivity contribution in [1.82, 2.24) is 10.0 Å². The number of ether oxygens (including phenoxy) is 1. The summed E-state index contributed by atoms with van der Waals surface area (Å²) in [6.07, 6.45) is -4.41. The molecule has 2 rings (SSSR count). The molecule has 27 heavy (non-hydrogen) atoms. The summed E-state index contributed by atoms with van der Waals surface area (Å²) >= 11 is 0. The highest BCUT2D eigenvalue weighted by molar-refractivity contribution is 7.89. The summed E-state index contributed by atoms with van der Waals surface area (Å²) in [5, 5.41) is 2.64. The molecule has 10 heteroatoms. The van der Waals surface area contributed by atoms with E-state index in [1.165, 1.54) is 55.6 Å². The number of sulfonamides is 1. The number of rotatable bonds is 7. The van der Waals surface area contributed by atoms with Crippen LogP contribution in [0.25, 0.3) is 0 Å². The summed E-state index contributed by atoms with van der Waals surface area (Å²) < 4.78 is 66.3. The van der Waals surface area contributed by atoms with Crippen molar-refractivity contribution in [2.45, 2.75) is 17.6 Å². The Hall–Kier alpha value is -2.59. The fourth-order valence-corrected chi connectivity index (χ4v) is 2.79. The summed E-state index contributed by atoms with van der Waals surface area (Å²) in [4.78, 5) is 12.1. The number of hydrogen-bond acceptors (Lipinski definition) is 4. The molecular formula is C17H17F3N2O4S. The summed E-state index contributed by atoms with van der Waals surface area (Å²) in [6.45, 7) is -1.22. The zero-order valence-corrected chi connectivity index (χ0v) is 15.0. The Morgan fingerprint density at radius 1 is 1.04 bits per heavy atom. The van der Waals surface area contributed by atoms with Crippen LogP contribution in [-0.4, -0.2) is 34.2 Å². The fraction of sp³-hybridized carbons (Fsp3) is 0.235. The van der Waals surface area contributed by atoms with Gasteiger partial charge in [-0.1, -0.05) is 12.1 Å². The monoisotopic (exact) mass is 402 g/mol. The summed E-state index contributed by atoms with van der Waals surface area (Å²) in [5.74, 6) is -0.343. The first-order chi connectivity index (χ1) is 12.6. The summed E-state index contributed by atoms with van der Waals surface area (Å²) in [6, 6.07) is 11.2. The normalized spacial score (nSPS) is 11.9. The Bertz CT molecular complexity index is 880. The van der Waals surface area contributed by atoms with Gasteiger partial charge in [-0.2, -0.15) is 13.2 Å². The van der Waals surface area contributed by atoms with Gasteiger partial charge in [0.2, 0.25) is 10.0 Å². The van der Waals surface area contributed by atoms with E-state index in [1.807, 2.05) is 0 Å². The molecule has 0 radical (unpaired) electrons. The number of nitrogens with one attached hydrogen (secondary N) is 2. The molecule has 0 aliphatic heterocycles. The van der Waals surface area contributed by atoms with Crippen molar-refractivity contribution in [2.24, 2.45) is 0 Å². The van der Waals surface area contributed by atoms with E-state index in [9.17, 15) is 26.4 Å². The van der Waals surface area contributed by atoms with E-state index in [2.05, 4.69) is 14.8 Å². The maximum absolute atomic E-state index is 12.1. The van der Waals surface area contributed by atoms with Crippen LogP contribution in [0.4, 0.5) is 13.2 Å². The Balaban J connectivity index is 1.91. The van der Waals surface area contributed by atoms with E-state index in [1.54, 1.807) is 0 Å². The zero-order chi connectivity index (χ0) is 20.1. The molecular weight excluding hydrogens is 385 g/mol. The third-order valence-corrected chi connectivity index (χ3v) is 4.90. The minimum atomic E-state index is -4.41. The number of halogens is 3. The van der Waals surface area contributed by atoms with Crippen molar-refractivity contribution in [3.05, 3.63) is 59.7 Å². The predicted octanol–water partition coefficient (Wildman–Crippen LogP) is 2.47. The minimum absolute atomic E-state index is 0.0380. The van der Waals surface area contributed by atoms with E-state index in [0.29, 0.717) is 5.56 Å². The average molecular weight is 402 g/mol. The Kier molecular flexibility index (Phi) is 6.45. The second-order valence-electron chi connectivity index (χ2n) is 5.46. The molecule has 0 saturated carbocycles. The van der Waals surface area contributed by atoms with Crippen molar-refractivity contribution < 1.29 is 31.1 Å². The van der Waals surface area contributed by atoms with Crippen LogP contribution in [-0.2, 0) is 16.6 Å². The maximum Gasteiger partial charge on any atom is 0.422 e. The largest absolute Gasteiger partial charge is 0.484 e. The van der Waals surface area contributed by atoms with E-state index < -0.39 is 28.7 Å². The molecule has 0 aliphatic rings. The van der Waals surface area contributed by atoms with Crippen LogP contribution in [0.3, 0.4) is 0 Å². The van der Waals surface area contributed by atoms with Gasteiger partial charge in [-0.25, -0.2) is 13.1 Å². The predicted molar refractivity (Wildman–Crippen MR) is 91.8 cm³/mol. The quantitative estimate of drug-likeness (QED) is 0.745. The van der Waals surface area contributed by atoms with Gasteiger partial charge >= 0.3 is 6.18 Å². The molecule has 0 saturated heterocycles. The first-order valence-corrected chi connectivity index (χ1v) is 9.19. The summed E-state index contributed by atoms with van der Waals surface area (Å²) in [5.41, 5.74) is 0.937. The van der Waals surface area contributed by atoms with E-state index in [0.717, 1.165) is 0 Å². The molecule has 0 heterocycles. The second-order valence-corrected chi connectivity index (χ2v) is 7.35. The molecule has 0 atom stereocenters. The molecule has 2 aromatic rings. The van der Waals surface area contributed by atoms with Gasteiger partial charge in [-0.3, -0.25) is 4.79 Å². The highest BCUT2D eigenvalue weighted by Gasteiger charge is 2.28. The average Bonchev–Trinajstić information content (AvgIpc) is 2.64. The first kappa shape index (κ1) is 20.7. The number of amides is 1. The zero-order valence-electron chi connectivity index (χ0n) is 14.2. The smallest absolute Gasteiger partial charge is 0.422 e. The first-order valence-electron chi connectivity index (χ1n) is 7.71. The van der Waals surface area contributed by atoms with Gasteiger partial charge in [0.1, 0.15) is 5.75 Å². The van der Waals surface area contributed by atoms with Gasteiger partial charge in [0.25, 0.3) is 5.91 Å². The van der Waals surface area contributed by atoms with Crippen molar-refractivity contribution in [3.8, 4) is 5.75 Å². The number of benzene rings is 2. The van der Waals surface area contributed by atoms with Crippen LogP contribution < -0.4 is 14.8 Å². The van der Waals surface area contributed by atoms with Crippen LogP contribution in [0, 0.1) is 0 Å². The van der Waals surface area contributed by atoms with Crippen molar-refractivity contribution in [2.75, 3.05) is 13.7 Å². The molecule has 0 unspecified atom stereocenters. The van der Waals surface area contributed by atoms with Crippen LogP contribution in [0.15, 0.2) is 53.4 Å². The lowest BCUT2D eigenvalue weighted by Gasteiger charge is -2.10. The van der Waals surface area contributed by atoms with E-state index >= 15 is 0 Å². The molecule has 0 aromatic heterocycles. The number of hydrogen-bond donors (Lipinski definition) is 2. The van der Waals surface area contributed by atoms with Gasteiger partial charge in [-0.05, 0) is 49.0 Å². The van der Waals surface area contributed by atoms with Gasteiger partial charge in [0, 0.05) is 12.1 Å². The van der Waals surface area contributed by atoms with Crippen molar-refractivity contribution in [3.63, 3.8) is 0 Å². The maximum atomic E-state index is 12.1. The van der Waals surface area contributed by atoms with E-state index in [-0.39, 0.29) is 22.8 Å². The SMILES string of the molecule is CNS(=O)(=O)c1ccc(C(=O)NCc2ccc(OCC(F)(F)F)cc2)cc1. The molecule has 146 valence electrons. The number of alkyl halides is 3. The van der Waals surface area contributed by atoms with Crippen LogP contribution in [0.2, 0.25) is 0 Å². The molecule has 2 N–H and O–H groups in total. The Morgan fingerprint density at radius 3 is 2.15 bits per heavy atom. The molecule has 1 amide bonds. The van der Waals surface area contributed by atoms with Crippen LogP contribution in [0.1, 0.15) is 15.9 Å². The lowest BCUT2D eigenvalue weighted by molar-refractivity contribution is -0.153. The molecule has 0 bridgehead atoms. The van der Waals surface area contributed by atoms with Crippen LogP contribution >= 0.6 is 0 Å². The van der Waals surface area contributed by atoms with Gasteiger partial charge in [0.05, 0.1) is 4.90 Å². The fourth-order valence-electron chi connectivity index (χ4n) is 2.06. The third kappa shape index (κ3) is 6.26. The lowest BCUT2D eigenvalue weighted by Crippen LogP contribution is -2.23. The topological polar surface area (TPSA) is 84.5 Å². The molecule has 0 spiro atoms. The lowest BCUT2D eigenvalue weighted by atomic mass is 10.2.